The number of rotatable bonds is 5. The summed E-state index contributed by atoms with van der Waals surface area (Å²) < 4.78 is 0. The Labute approximate surface area is 85.8 Å². The maximum atomic E-state index is 10.0. The summed E-state index contributed by atoms with van der Waals surface area (Å²) in [4.78, 5) is 10.0. The highest BCUT2D eigenvalue weighted by molar-refractivity contribution is 8.93. The number of hydrogen-bond acceptors (Lipinski definition) is 6. The molecule has 0 aromatic heterocycles. The summed E-state index contributed by atoms with van der Waals surface area (Å²) in [6.45, 7) is -0.705. The lowest BCUT2D eigenvalue weighted by molar-refractivity contribution is -0.118. The quantitative estimate of drug-likeness (QED) is 0.339. The van der Waals surface area contributed by atoms with Crippen LogP contribution in [0.15, 0.2) is 0 Å². The Balaban J connectivity index is 0. The molecule has 0 radical (unpaired) electrons. The molecule has 0 saturated carbocycles. The molecule has 7 heteroatoms. The molecule has 4 atom stereocenters. The first-order chi connectivity index (χ1) is 5.54. The largest absolute Gasteiger partial charge is 0.394 e. The van der Waals surface area contributed by atoms with Crippen LogP contribution in [0.3, 0.4) is 0 Å². The summed E-state index contributed by atoms with van der Waals surface area (Å²) in [7, 11) is 0. The van der Waals surface area contributed by atoms with E-state index in [4.69, 9.17) is 26.2 Å². The van der Waals surface area contributed by atoms with E-state index in [-0.39, 0.29) is 23.3 Å². The van der Waals surface area contributed by atoms with Crippen LogP contribution in [0.1, 0.15) is 0 Å². The van der Waals surface area contributed by atoms with Gasteiger partial charge >= 0.3 is 0 Å². The Hall–Kier alpha value is -0.0500. The molecule has 0 spiro atoms. The summed E-state index contributed by atoms with van der Waals surface area (Å²) in [6, 6.07) is -1.26. The van der Waals surface area contributed by atoms with Crippen LogP contribution in [0.2, 0.25) is 0 Å². The molecule has 0 amide bonds. The number of halogens is 1. The fourth-order valence-electron chi connectivity index (χ4n) is 0.644. The van der Waals surface area contributed by atoms with Gasteiger partial charge in [0.25, 0.3) is 0 Å². The van der Waals surface area contributed by atoms with Crippen LogP contribution in [0.5, 0.6) is 0 Å². The summed E-state index contributed by atoms with van der Waals surface area (Å²) in [5.74, 6) is 0. The maximum absolute atomic E-state index is 10.0. The van der Waals surface area contributed by atoms with Crippen molar-refractivity contribution < 1.29 is 25.2 Å². The zero-order valence-electron chi connectivity index (χ0n) is 6.78. The number of nitrogens with two attached hydrogens (primary N) is 1. The van der Waals surface area contributed by atoms with E-state index in [1.54, 1.807) is 0 Å². The number of carbonyl (C=O) groups is 1. The Morgan fingerprint density at radius 1 is 1.23 bits per heavy atom. The van der Waals surface area contributed by atoms with E-state index in [0.29, 0.717) is 0 Å². The van der Waals surface area contributed by atoms with Gasteiger partial charge in [0, 0.05) is 0 Å². The number of hydrogen-bond donors (Lipinski definition) is 5. The van der Waals surface area contributed by atoms with E-state index in [9.17, 15) is 4.79 Å². The predicted molar refractivity (Wildman–Crippen MR) is 49.5 cm³/mol. The topological polar surface area (TPSA) is 124 Å². The fourth-order valence-corrected chi connectivity index (χ4v) is 0.644. The van der Waals surface area contributed by atoms with E-state index in [0.717, 1.165) is 0 Å². The van der Waals surface area contributed by atoms with Crippen molar-refractivity contribution in [2.24, 2.45) is 5.73 Å². The van der Waals surface area contributed by atoms with E-state index in [1.807, 2.05) is 0 Å². The van der Waals surface area contributed by atoms with Gasteiger partial charge in [0.05, 0.1) is 12.6 Å². The minimum atomic E-state index is -1.62. The van der Waals surface area contributed by atoms with Crippen molar-refractivity contribution in [2.45, 2.75) is 24.4 Å². The van der Waals surface area contributed by atoms with E-state index >= 15 is 0 Å². The molecule has 0 fully saturated rings. The van der Waals surface area contributed by atoms with Gasteiger partial charge in [-0.3, -0.25) is 0 Å². The zero-order valence-corrected chi connectivity index (χ0v) is 8.49. The molecule has 0 aromatic rings. The first-order valence-electron chi connectivity index (χ1n) is 3.40. The summed E-state index contributed by atoms with van der Waals surface area (Å²) in [5.41, 5.74) is 5.04. The van der Waals surface area contributed by atoms with Crippen molar-refractivity contribution in [3.05, 3.63) is 0 Å². The van der Waals surface area contributed by atoms with Gasteiger partial charge in [0.2, 0.25) is 0 Å². The number of aldehydes is 1. The maximum Gasteiger partial charge on any atom is 0.139 e. The summed E-state index contributed by atoms with van der Waals surface area (Å²) in [5, 5.41) is 35.2. The predicted octanol–water partition coefficient (Wildman–Crippen LogP) is -2.83. The van der Waals surface area contributed by atoms with E-state index in [2.05, 4.69) is 0 Å². The lowest BCUT2D eigenvalue weighted by Gasteiger charge is -2.23. The van der Waals surface area contributed by atoms with Gasteiger partial charge < -0.3 is 31.0 Å². The molecule has 6 nitrogen and oxygen atoms in total. The highest BCUT2D eigenvalue weighted by Gasteiger charge is 2.28. The monoisotopic (exact) mass is 259 g/mol. The SMILES string of the molecule is Br.N[C@@H](C=O)[C@@H](O)[C@H](O)[C@H](O)CO. The first-order valence-corrected chi connectivity index (χ1v) is 3.40. The molecular formula is C6H14BrNO5. The smallest absolute Gasteiger partial charge is 0.139 e. The molecular weight excluding hydrogens is 246 g/mol. The van der Waals surface area contributed by atoms with Crippen molar-refractivity contribution in [3.63, 3.8) is 0 Å². The molecule has 0 aromatic carbocycles. The lowest BCUT2D eigenvalue weighted by Crippen LogP contribution is -2.49. The lowest BCUT2D eigenvalue weighted by atomic mass is 10.0. The van der Waals surface area contributed by atoms with E-state index < -0.39 is 31.0 Å². The van der Waals surface area contributed by atoms with Gasteiger partial charge in [0.1, 0.15) is 24.6 Å². The highest BCUT2D eigenvalue weighted by atomic mass is 79.9. The van der Waals surface area contributed by atoms with Crippen LogP contribution >= 0.6 is 17.0 Å². The third-order valence-electron chi connectivity index (χ3n) is 1.48. The van der Waals surface area contributed by atoms with Crippen LogP contribution in [-0.4, -0.2) is 57.7 Å². The van der Waals surface area contributed by atoms with Crippen molar-refractivity contribution in [3.8, 4) is 0 Å². The Morgan fingerprint density at radius 3 is 2.00 bits per heavy atom. The van der Waals surface area contributed by atoms with Crippen LogP contribution < -0.4 is 5.73 Å². The second kappa shape index (κ2) is 7.36. The Morgan fingerprint density at radius 2 is 1.69 bits per heavy atom. The highest BCUT2D eigenvalue weighted by Crippen LogP contribution is 2.01. The van der Waals surface area contributed by atoms with Crippen molar-refractivity contribution in [2.75, 3.05) is 6.61 Å². The van der Waals surface area contributed by atoms with Gasteiger partial charge in [-0.25, -0.2) is 0 Å². The molecule has 13 heavy (non-hydrogen) atoms. The second-order valence-corrected chi connectivity index (χ2v) is 2.44. The van der Waals surface area contributed by atoms with Gasteiger partial charge in [0.15, 0.2) is 0 Å². The number of aliphatic hydroxyl groups excluding tert-OH is 4. The molecule has 0 aliphatic rings. The van der Waals surface area contributed by atoms with Crippen LogP contribution in [0.4, 0.5) is 0 Å². The van der Waals surface area contributed by atoms with Crippen LogP contribution in [-0.2, 0) is 4.79 Å². The molecule has 0 unspecified atom stereocenters. The van der Waals surface area contributed by atoms with Crippen LogP contribution in [0.25, 0.3) is 0 Å². The van der Waals surface area contributed by atoms with Gasteiger partial charge in [-0.05, 0) is 0 Å². The summed E-state index contributed by atoms with van der Waals surface area (Å²) >= 11 is 0. The molecule has 0 heterocycles. The molecule has 0 rings (SSSR count). The standard InChI is InChI=1S/C6H13NO5.BrH/c7-3(1-8)5(11)6(12)4(10)2-9;/h1,3-6,9-12H,2,7H2;1H/t3-,4+,5+,6+;/m0./s1. The second-order valence-electron chi connectivity index (χ2n) is 2.44. The number of carbonyl (C=O) groups excluding carboxylic acids is 1. The normalized spacial score (nSPS) is 19.5. The summed E-state index contributed by atoms with van der Waals surface area (Å²) in [6.07, 6.45) is -4.43. The third-order valence-corrected chi connectivity index (χ3v) is 1.48. The van der Waals surface area contributed by atoms with Crippen LogP contribution in [0, 0.1) is 0 Å². The molecule has 0 saturated heterocycles. The third kappa shape index (κ3) is 4.65. The van der Waals surface area contributed by atoms with E-state index in [1.165, 1.54) is 0 Å². The fraction of sp³-hybridized carbons (Fsp3) is 0.833. The average Bonchev–Trinajstić information content (AvgIpc) is 2.12. The average molecular weight is 260 g/mol. The zero-order chi connectivity index (χ0) is 9.72. The molecule has 80 valence electrons. The minimum absolute atomic E-state index is 0. The van der Waals surface area contributed by atoms with Gasteiger partial charge in [-0.15, -0.1) is 17.0 Å². The minimum Gasteiger partial charge on any atom is -0.394 e. The van der Waals surface area contributed by atoms with Crippen molar-refractivity contribution in [1.82, 2.24) is 0 Å². The first kappa shape index (κ1) is 15.4. The Kier molecular flexibility index (Phi) is 8.74. The number of aliphatic hydroxyl groups is 4. The van der Waals surface area contributed by atoms with Gasteiger partial charge in [-0.1, -0.05) is 0 Å². The van der Waals surface area contributed by atoms with Crippen molar-refractivity contribution in [1.29, 1.82) is 0 Å². The molecule has 6 N–H and O–H groups in total. The van der Waals surface area contributed by atoms with Gasteiger partial charge in [-0.2, -0.15) is 0 Å². The Bertz CT molecular complexity index is 147. The molecule has 0 aliphatic carbocycles. The molecule has 0 aliphatic heterocycles. The molecule has 0 bridgehead atoms. The van der Waals surface area contributed by atoms with Crippen molar-refractivity contribution >= 4 is 23.3 Å².